The Morgan fingerprint density at radius 3 is 2.57 bits per heavy atom. The van der Waals surface area contributed by atoms with Crippen LogP contribution in [0.25, 0.3) is 0 Å². The van der Waals surface area contributed by atoms with Crippen molar-refractivity contribution in [1.82, 2.24) is 20.4 Å². The molecule has 0 radical (unpaired) electrons. The van der Waals surface area contributed by atoms with Gasteiger partial charge in [0.1, 0.15) is 0 Å². The molecule has 136 valence electrons. The van der Waals surface area contributed by atoms with E-state index < -0.39 is 0 Å². The molecule has 2 rings (SSSR count). The summed E-state index contributed by atoms with van der Waals surface area (Å²) in [5.41, 5.74) is 0. The van der Waals surface area contributed by atoms with Crippen molar-refractivity contribution in [3.63, 3.8) is 0 Å². The van der Waals surface area contributed by atoms with Crippen LogP contribution in [-0.4, -0.2) is 87.4 Å². The molecule has 6 nitrogen and oxygen atoms in total. The van der Waals surface area contributed by atoms with Gasteiger partial charge in [-0.15, -0.1) is 24.0 Å². The first-order valence-corrected chi connectivity index (χ1v) is 8.75. The van der Waals surface area contributed by atoms with Crippen LogP contribution in [0, 0.1) is 0 Å². The summed E-state index contributed by atoms with van der Waals surface area (Å²) < 4.78 is 5.63. The van der Waals surface area contributed by atoms with Crippen LogP contribution in [0.2, 0.25) is 0 Å². The number of hydrogen-bond donors (Lipinski definition) is 2. The molecular formula is C16H34IN5O. The number of nitrogens with one attached hydrogen (secondary N) is 2. The van der Waals surface area contributed by atoms with E-state index in [9.17, 15) is 0 Å². The highest BCUT2D eigenvalue weighted by Crippen LogP contribution is 2.10. The standard InChI is InChI=1S/C16H33N5O.HI/c1-4-20-7-9-21(10-8-20)14(2)12-18-16(17-3)19-13-15-6-5-11-22-15;/h14-15H,4-13H2,1-3H3,(H2,17,18,19);1H. The first-order chi connectivity index (χ1) is 10.7. The molecule has 0 aromatic heterocycles. The third-order valence-electron chi connectivity index (χ3n) is 4.79. The van der Waals surface area contributed by atoms with E-state index in [0.717, 1.165) is 32.1 Å². The van der Waals surface area contributed by atoms with E-state index in [-0.39, 0.29) is 24.0 Å². The first kappa shape index (κ1) is 20.9. The zero-order chi connectivity index (χ0) is 15.8. The molecule has 2 atom stereocenters. The molecular weight excluding hydrogens is 405 g/mol. The molecule has 2 heterocycles. The van der Waals surface area contributed by atoms with Crippen molar-refractivity contribution in [2.75, 3.05) is 59.5 Å². The number of hydrogen-bond acceptors (Lipinski definition) is 4. The van der Waals surface area contributed by atoms with Crippen LogP contribution < -0.4 is 10.6 Å². The van der Waals surface area contributed by atoms with E-state index in [1.165, 1.54) is 39.1 Å². The van der Waals surface area contributed by atoms with Crippen molar-refractivity contribution in [3.8, 4) is 0 Å². The van der Waals surface area contributed by atoms with Crippen LogP contribution in [0.5, 0.6) is 0 Å². The van der Waals surface area contributed by atoms with Crippen LogP contribution in [-0.2, 0) is 4.74 Å². The van der Waals surface area contributed by atoms with E-state index in [4.69, 9.17) is 4.74 Å². The Labute approximate surface area is 158 Å². The van der Waals surface area contributed by atoms with Crippen LogP contribution in [0.3, 0.4) is 0 Å². The Kier molecular flexibility index (Phi) is 10.4. The van der Waals surface area contributed by atoms with Gasteiger partial charge in [0.2, 0.25) is 0 Å². The van der Waals surface area contributed by atoms with E-state index in [0.29, 0.717) is 12.1 Å². The third kappa shape index (κ3) is 7.11. The number of nitrogens with zero attached hydrogens (tertiary/aromatic N) is 3. The Morgan fingerprint density at radius 1 is 1.26 bits per heavy atom. The number of piperazine rings is 1. The largest absolute Gasteiger partial charge is 0.376 e. The summed E-state index contributed by atoms with van der Waals surface area (Å²) in [6, 6.07) is 0.528. The molecule has 2 aliphatic rings. The lowest BCUT2D eigenvalue weighted by Crippen LogP contribution is -2.53. The summed E-state index contributed by atoms with van der Waals surface area (Å²) in [6.45, 7) is 13.1. The lowest BCUT2D eigenvalue weighted by Gasteiger charge is -2.37. The molecule has 0 bridgehead atoms. The highest BCUT2D eigenvalue weighted by molar-refractivity contribution is 14.0. The molecule has 2 unspecified atom stereocenters. The van der Waals surface area contributed by atoms with Crippen molar-refractivity contribution < 1.29 is 4.74 Å². The number of rotatable bonds is 6. The normalized spacial score (nSPS) is 25.0. The summed E-state index contributed by atoms with van der Waals surface area (Å²) in [5.74, 6) is 0.884. The maximum atomic E-state index is 5.63. The minimum Gasteiger partial charge on any atom is -0.376 e. The Bertz CT molecular complexity index is 341. The van der Waals surface area contributed by atoms with Gasteiger partial charge in [0.05, 0.1) is 6.10 Å². The maximum absolute atomic E-state index is 5.63. The molecule has 23 heavy (non-hydrogen) atoms. The molecule has 0 aromatic rings. The minimum atomic E-state index is 0. The highest BCUT2D eigenvalue weighted by atomic mass is 127. The average molecular weight is 439 g/mol. The summed E-state index contributed by atoms with van der Waals surface area (Å²) >= 11 is 0. The van der Waals surface area contributed by atoms with Crippen LogP contribution in [0.15, 0.2) is 4.99 Å². The number of likely N-dealkylation sites (N-methyl/N-ethyl adjacent to an activating group) is 1. The number of halogens is 1. The van der Waals surface area contributed by atoms with Gasteiger partial charge in [-0.2, -0.15) is 0 Å². The molecule has 7 heteroatoms. The molecule has 0 amide bonds. The summed E-state index contributed by atoms with van der Waals surface area (Å²) in [4.78, 5) is 9.38. The zero-order valence-corrected chi connectivity index (χ0v) is 17.2. The Balaban J connectivity index is 0.00000264. The SMILES string of the molecule is CCN1CCN(C(C)CNC(=NC)NCC2CCCO2)CC1.I. The molecule has 2 saturated heterocycles. The van der Waals surface area contributed by atoms with Crippen LogP contribution in [0.4, 0.5) is 0 Å². The van der Waals surface area contributed by atoms with Crippen LogP contribution in [0.1, 0.15) is 26.7 Å². The van der Waals surface area contributed by atoms with Crippen molar-refractivity contribution in [1.29, 1.82) is 0 Å². The molecule has 0 aromatic carbocycles. The zero-order valence-electron chi connectivity index (χ0n) is 14.9. The van der Waals surface area contributed by atoms with Crippen LogP contribution >= 0.6 is 24.0 Å². The fourth-order valence-electron chi connectivity index (χ4n) is 3.13. The second-order valence-corrected chi connectivity index (χ2v) is 6.29. The number of aliphatic imine (C=N–C) groups is 1. The Hall–Kier alpha value is -0.120. The average Bonchev–Trinajstić information content (AvgIpc) is 3.08. The summed E-state index contributed by atoms with van der Waals surface area (Å²) in [7, 11) is 1.83. The predicted octanol–water partition coefficient (Wildman–Crippen LogP) is 0.974. The topological polar surface area (TPSA) is 52.1 Å². The number of guanidine groups is 1. The van der Waals surface area contributed by atoms with E-state index in [1.54, 1.807) is 0 Å². The molecule has 2 fully saturated rings. The molecule has 0 saturated carbocycles. The first-order valence-electron chi connectivity index (χ1n) is 8.75. The predicted molar refractivity (Wildman–Crippen MR) is 107 cm³/mol. The molecule has 0 spiro atoms. The molecule has 2 N–H and O–H groups in total. The van der Waals surface area contributed by atoms with Crippen molar-refractivity contribution in [3.05, 3.63) is 0 Å². The van der Waals surface area contributed by atoms with E-state index in [1.807, 2.05) is 7.05 Å². The molecule has 0 aliphatic carbocycles. The second kappa shape index (κ2) is 11.4. The highest BCUT2D eigenvalue weighted by Gasteiger charge is 2.20. The third-order valence-corrected chi connectivity index (χ3v) is 4.79. The van der Waals surface area contributed by atoms with Gasteiger partial charge in [-0.25, -0.2) is 0 Å². The van der Waals surface area contributed by atoms with Crippen molar-refractivity contribution >= 4 is 29.9 Å². The van der Waals surface area contributed by atoms with E-state index in [2.05, 4.69) is 39.3 Å². The monoisotopic (exact) mass is 439 g/mol. The van der Waals surface area contributed by atoms with Gasteiger partial charge in [-0.1, -0.05) is 6.92 Å². The van der Waals surface area contributed by atoms with Gasteiger partial charge in [0.15, 0.2) is 5.96 Å². The van der Waals surface area contributed by atoms with Gasteiger partial charge in [-0.3, -0.25) is 9.89 Å². The summed E-state index contributed by atoms with van der Waals surface area (Å²) in [6.07, 6.45) is 2.68. The van der Waals surface area contributed by atoms with Gasteiger partial charge in [-0.05, 0) is 26.3 Å². The van der Waals surface area contributed by atoms with E-state index >= 15 is 0 Å². The molecule has 2 aliphatic heterocycles. The van der Waals surface area contributed by atoms with Gasteiger partial charge < -0.3 is 20.3 Å². The minimum absolute atomic E-state index is 0. The quantitative estimate of drug-likeness (QED) is 0.367. The van der Waals surface area contributed by atoms with Crippen molar-refractivity contribution in [2.45, 2.75) is 38.8 Å². The van der Waals surface area contributed by atoms with Gasteiger partial charge in [0.25, 0.3) is 0 Å². The lowest BCUT2D eigenvalue weighted by atomic mass is 10.2. The fourth-order valence-corrected chi connectivity index (χ4v) is 3.13. The fraction of sp³-hybridized carbons (Fsp3) is 0.938. The Morgan fingerprint density at radius 2 is 2.00 bits per heavy atom. The van der Waals surface area contributed by atoms with Gasteiger partial charge in [0, 0.05) is 59.0 Å². The maximum Gasteiger partial charge on any atom is 0.191 e. The van der Waals surface area contributed by atoms with Gasteiger partial charge >= 0.3 is 0 Å². The number of ether oxygens (including phenoxy) is 1. The lowest BCUT2D eigenvalue weighted by molar-refractivity contribution is 0.106. The summed E-state index contributed by atoms with van der Waals surface area (Å²) in [5, 5.41) is 6.82. The smallest absolute Gasteiger partial charge is 0.191 e. The second-order valence-electron chi connectivity index (χ2n) is 6.29. The van der Waals surface area contributed by atoms with Crippen molar-refractivity contribution in [2.24, 2.45) is 4.99 Å².